The van der Waals surface area contributed by atoms with Gasteiger partial charge < -0.3 is 10.2 Å². The summed E-state index contributed by atoms with van der Waals surface area (Å²) < 4.78 is 0. The van der Waals surface area contributed by atoms with Gasteiger partial charge >= 0.3 is 5.97 Å². The van der Waals surface area contributed by atoms with Crippen molar-refractivity contribution in [1.29, 1.82) is 0 Å². The molecule has 2 aromatic rings. The summed E-state index contributed by atoms with van der Waals surface area (Å²) in [5.41, 5.74) is 2.48. The predicted molar refractivity (Wildman–Crippen MR) is 80.3 cm³/mol. The molecule has 0 heterocycles. The Kier molecular flexibility index (Phi) is 3.42. The molecule has 3 rings (SSSR count). The minimum Gasteiger partial charge on any atom is -0.508 e. The van der Waals surface area contributed by atoms with Crippen molar-refractivity contribution in [2.24, 2.45) is 5.41 Å². The predicted octanol–water partition coefficient (Wildman–Crippen LogP) is 3.19. The van der Waals surface area contributed by atoms with Crippen LogP contribution in [0, 0.1) is 5.41 Å². The Morgan fingerprint density at radius 2 is 1.86 bits per heavy atom. The Bertz CT molecular complexity index is 678. The van der Waals surface area contributed by atoms with Crippen LogP contribution in [-0.4, -0.2) is 16.2 Å². The fourth-order valence-corrected chi connectivity index (χ4v) is 3.27. The normalized spacial score (nSPS) is 20.8. The second kappa shape index (κ2) is 5.24. The molecule has 0 aromatic heterocycles. The van der Waals surface area contributed by atoms with Crippen LogP contribution in [0.3, 0.4) is 0 Å². The molecule has 0 amide bonds. The second-order valence-electron chi connectivity index (χ2n) is 5.88. The lowest BCUT2D eigenvalue weighted by Gasteiger charge is -2.34. The summed E-state index contributed by atoms with van der Waals surface area (Å²) in [4.78, 5) is 11.9. The summed E-state index contributed by atoms with van der Waals surface area (Å²) in [5.74, 6) is -0.565. The number of hydrogen-bond acceptors (Lipinski definition) is 2. The first-order valence-corrected chi connectivity index (χ1v) is 7.17. The molecule has 0 saturated carbocycles. The van der Waals surface area contributed by atoms with Gasteiger partial charge in [0.15, 0.2) is 0 Å². The molecular formula is C18H18O3. The maximum absolute atomic E-state index is 11.9. The Balaban J connectivity index is 1.93. The molecule has 0 radical (unpaired) electrons. The number of fused-ring (bicyclic) bond motifs is 1. The number of carboxylic acid groups (broad SMARTS) is 1. The van der Waals surface area contributed by atoms with Crippen molar-refractivity contribution in [1.82, 2.24) is 0 Å². The van der Waals surface area contributed by atoms with Gasteiger partial charge in [-0.15, -0.1) is 0 Å². The number of phenolic OH excluding ortho intramolecular Hbond substituents is 1. The van der Waals surface area contributed by atoms with E-state index in [4.69, 9.17) is 0 Å². The van der Waals surface area contributed by atoms with E-state index in [2.05, 4.69) is 6.07 Å². The first-order chi connectivity index (χ1) is 10.1. The first kappa shape index (κ1) is 13.7. The molecule has 1 unspecified atom stereocenters. The maximum Gasteiger partial charge on any atom is 0.310 e. The molecule has 0 aliphatic heterocycles. The van der Waals surface area contributed by atoms with Crippen LogP contribution < -0.4 is 0 Å². The summed E-state index contributed by atoms with van der Waals surface area (Å²) in [5, 5.41) is 19.4. The quantitative estimate of drug-likeness (QED) is 0.909. The fraction of sp³-hybridized carbons (Fsp3) is 0.278. The smallest absolute Gasteiger partial charge is 0.310 e. The average molecular weight is 282 g/mol. The topological polar surface area (TPSA) is 57.5 Å². The maximum atomic E-state index is 11.9. The van der Waals surface area contributed by atoms with Gasteiger partial charge in [-0.05, 0) is 54.5 Å². The summed E-state index contributed by atoms with van der Waals surface area (Å²) in [6, 6.07) is 15.0. The van der Waals surface area contributed by atoms with Crippen LogP contribution in [0.15, 0.2) is 48.5 Å². The van der Waals surface area contributed by atoms with E-state index in [0.717, 1.165) is 17.5 Å². The highest BCUT2D eigenvalue weighted by molar-refractivity contribution is 5.76. The summed E-state index contributed by atoms with van der Waals surface area (Å²) in [6.45, 7) is 0. The van der Waals surface area contributed by atoms with E-state index < -0.39 is 11.4 Å². The molecule has 3 heteroatoms. The van der Waals surface area contributed by atoms with Crippen LogP contribution in [0.5, 0.6) is 5.75 Å². The van der Waals surface area contributed by atoms with E-state index in [0.29, 0.717) is 19.3 Å². The SMILES string of the molecule is O=C(O)C1(Cc2cccc(O)c2)CCc2ccccc2C1. The third kappa shape index (κ3) is 2.64. The van der Waals surface area contributed by atoms with Gasteiger partial charge in [0.25, 0.3) is 0 Å². The van der Waals surface area contributed by atoms with Crippen molar-refractivity contribution in [2.75, 3.05) is 0 Å². The molecule has 1 atom stereocenters. The van der Waals surface area contributed by atoms with Gasteiger partial charge in [0.2, 0.25) is 0 Å². The molecule has 2 aromatic carbocycles. The highest BCUT2D eigenvalue weighted by atomic mass is 16.4. The second-order valence-corrected chi connectivity index (χ2v) is 5.88. The van der Waals surface area contributed by atoms with E-state index in [1.807, 2.05) is 24.3 Å². The van der Waals surface area contributed by atoms with E-state index in [1.165, 1.54) is 5.56 Å². The summed E-state index contributed by atoms with van der Waals surface area (Å²) in [7, 11) is 0. The number of aromatic hydroxyl groups is 1. The lowest BCUT2D eigenvalue weighted by molar-refractivity contribution is -0.149. The van der Waals surface area contributed by atoms with Gasteiger partial charge in [0.05, 0.1) is 5.41 Å². The average Bonchev–Trinajstić information content (AvgIpc) is 2.47. The molecular weight excluding hydrogens is 264 g/mol. The van der Waals surface area contributed by atoms with Gasteiger partial charge in [-0.3, -0.25) is 4.79 Å². The third-order valence-electron chi connectivity index (χ3n) is 4.43. The molecule has 2 N–H and O–H groups in total. The van der Waals surface area contributed by atoms with Crippen LogP contribution in [0.25, 0.3) is 0 Å². The minimum atomic E-state index is -0.776. The Labute approximate surface area is 123 Å². The van der Waals surface area contributed by atoms with Crippen molar-refractivity contribution < 1.29 is 15.0 Å². The molecule has 21 heavy (non-hydrogen) atoms. The Morgan fingerprint density at radius 3 is 2.57 bits per heavy atom. The van der Waals surface area contributed by atoms with Crippen LogP contribution >= 0.6 is 0 Å². The van der Waals surface area contributed by atoms with E-state index in [9.17, 15) is 15.0 Å². The minimum absolute atomic E-state index is 0.184. The molecule has 0 spiro atoms. The standard InChI is InChI=1S/C18H18O3/c19-16-7-3-4-13(10-16)11-18(17(20)21)9-8-14-5-1-2-6-15(14)12-18/h1-7,10,19H,8-9,11-12H2,(H,20,21). The molecule has 108 valence electrons. The molecule has 0 fully saturated rings. The number of aryl methyl sites for hydroxylation is 1. The number of carboxylic acids is 1. The molecule has 1 aliphatic rings. The fourth-order valence-electron chi connectivity index (χ4n) is 3.27. The molecule has 1 aliphatic carbocycles. The summed E-state index contributed by atoms with van der Waals surface area (Å²) in [6.07, 6.45) is 2.43. The number of benzene rings is 2. The van der Waals surface area contributed by atoms with Crippen LogP contribution in [0.1, 0.15) is 23.1 Å². The van der Waals surface area contributed by atoms with Crippen molar-refractivity contribution in [3.63, 3.8) is 0 Å². The van der Waals surface area contributed by atoms with Crippen molar-refractivity contribution in [3.8, 4) is 5.75 Å². The Morgan fingerprint density at radius 1 is 1.10 bits per heavy atom. The summed E-state index contributed by atoms with van der Waals surface area (Å²) >= 11 is 0. The monoisotopic (exact) mass is 282 g/mol. The van der Waals surface area contributed by atoms with Crippen molar-refractivity contribution in [3.05, 3.63) is 65.2 Å². The van der Waals surface area contributed by atoms with Gasteiger partial charge in [0, 0.05) is 0 Å². The van der Waals surface area contributed by atoms with Crippen molar-refractivity contribution in [2.45, 2.75) is 25.7 Å². The highest BCUT2D eigenvalue weighted by Gasteiger charge is 2.41. The largest absolute Gasteiger partial charge is 0.508 e. The lowest BCUT2D eigenvalue weighted by Crippen LogP contribution is -2.39. The number of phenols is 1. The zero-order valence-corrected chi connectivity index (χ0v) is 11.7. The molecule has 0 saturated heterocycles. The molecule has 0 bridgehead atoms. The van der Waals surface area contributed by atoms with Crippen molar-refractivity contribution >= 4 is 5.97 Å². The lowest BCUT2D eigenvalue weighted by atomic mass is 9.68. The third-order valence-corrected chi connectivity index (χ3v) is 4.43. The van der Waals surface area contributed by atoms with Crippen LogP contribution in [0.2, 0.25) is 0 Å². The van der Waals surface area contributed by atoms with Gasteiger partial charge in [-0.25, -0.2) is 0 Å². The number of aliphatic carboxylic acids is 1. The zero-order chi connectivity index (χ0) is 14.9. The Hall–Kier alpha value is -2.29. The van der Waals surface area contributed by atoms with Gasteiger partial charge in [-0.1, -0.05) is 36.4 Å². The zero-order valence-electron chi connectivity index (χ0n) is 11.7. The van der Waals surface area contributed by atoms with E-state index in [1.54, 1.807) is 18.2 Å². The van der Waals surface area contributed by atoms with Gasteiger partial charge in [0.1, 0.15) is 5.75 Å². The first-order valence-electron chi connectivity index (χ1n) is 7.17. The number of rotatable bonds is 3. The number of hydrogen-bond donors (Lipinski definition) is 2. The van der Waals surface area contributed by atoms with Crippen LogP contribution in [0.4, 0.5) is 0 Å². The van der Waals surface area contributed by atoms with E-state index in [-0.39, 0.29) is 5.75 Å². The van der Waals surface area contributed by atoms with Crippen LogP contribution in [-0.2, 0) is 24.1 Å². The number of carbonyl (C=O) groups is 1. The molecule has 3 nitrogen and oxygen atoms in total. The van der Waals surface area contributed by atoms with Gasteiger partial charge in [-0.2, -0.15) is 0 Å². The van der Waals surface area contributed by atoms with E-state index >= 15 is 0 Å². The highest BCUT2D eigenvalue weighted by Crippen LogP contribution is 2.39.